The summed E-state index contributed by atoms with van der Waals surface area (Å²) in [7, 11) is 0. The molecule has 0 saturated heterocycles. The molecule has 2 aromatic heterocycles. The number of anilines is 1. The monoisotopic (exact) mass is 513 g/mol. The van der Waals surface area contributed by atoms with Gasteiger partial charge in [-0.15, -0.1) is 11.3 Å². The fourth-order valence-electron chi connectivity index (χ4n) is 3.01. The standard InChI is InChI=1S/C24H14Cl3N3O2S/c25-16-3-1-2-14(8-16)9-19-13-29-24(33-19)30-23(31)15(12-28)10-18-5-7-22(32-18)20-6-4-17(26)11-21(20)27/h1-8,10-11,13H,9H2,(H,29,30,31)/b15-10-. The number of rotatable bonds is 6. The van der Waals surface area contributed by atoms with Gasteiger partial charge in [0.1, 0.15) is 23.2 Å². The molecule has 5 nitrogen and oxygen atoms in total. The molecule has 0 atom stereocenters. The highest BCUT2D eigenvalue weighted by Crippen LogP contribution is 2.32. The molecule has 9 heteroatoms. The third kappa shape index (κ3) is 5.84. The van der Waals surface area contributed by atoms with Crippen molar-refractivity contribution in [3.63, 3.8) is 0 Å². The van der Waals surface area contributed by atoms with Crippen molar-refractivity contribution in [2.45, 2.75) is 6.42 Å². The van der Waals surface area contributed by atoms with Crippen LogP contribution >= 0.6 is 46.1 Å². The molecular formula is C24H14Cl3N3O2S. The number of halogens is 3. The van der Waals surface area contributed by atoms with Gasteiger partial charge >= 0.3 is 0 Å². The SMILES string of the molecule is N#C/C(=C/c1ccc(-c2ccc(Cl)cc2Cl)o1)C(=O)Nc1ncc(Cc2cccc(Cl)c2)s1. The van der Waals surface area contributed by atoms with E-state index < -0.39 is 5.91 Å². The minimum atomic E-state index is -0.580. The highest BCUT2D eigenvalue weighted by Gasteiger charge is 2.14. The Morgan fingerprint density at radius 3 is 2.70 bits per heavy atom. The van der Waals surface area contributed by atoms with Gasteiger partial charge in [0.25, 0.3) is 5.91 Å². The average molecular weight is 515 g/mol. The molecule has 0 aliphatic rings. The second-order valence-corrected chi connectivity index (χ2v) is 9.28. The predicted molar refractivity (Wildman–Crippen MR) is 133 cm³/mol. The summed E-state index contributed by atoms with van der Waals surface area (Å²) in [5, 5.41) is 14.1. The first kappa shape index (κ1) is 23.1. The number of thiazole rings is 1. The summed E-state index contributed by atoms with van der Waals surface area (Å²) in [6.45, 7) is 0. The zero-order valence-electron chi connectivity index (χ0n) is 16.8. The van der Waals surface area contributed by atoms with E-state index in [1.807, 2.05) is 30.3 Å². The van der Waals surface area contributed by atoms with Crippen LogP contribution in [0.5, 0.6) is 0 Å². The van der Waals surface area contributed by atoms with Crippen LogP contribution in [0.25, 0.3) is 17.4 Å². The second-order valence-electron chi connectivity index (χ2n) is 6.89. The number of nitriles is 1. The van der Waals surface area contributed by atoms with Crippen molar-refractivity contribution in [2.75, 3.05) is 5.32 Å². The van der Waals surface area contributed by atoms with Gasteiger partial charge in [-0.25, -0.2) is 4.98 Å². The molecule has 0 saturated carbocycles. The van der Waals surface area contributed by atoms with Gasteiger partial charge in [0, 0.05) is 39.2 Å². The van der Waals surface area contributed by atoms with Crippen molar-refractivity contribution in [1.29, 1.82) is 5.26 Å². The Hall–Kier alpha value is -3.08. The van der Waals surface area contributed by atoms with Crippen molar-refractivity contribution in [1.82, 2.24) is 4.98 Å². The normalized spacial score (nSPS) is 11.3. The maximum atomic E-state index is 12.6. The van der Waals surface area contributed by atoms with E-state index in [4.69, 9.17) is 39.2 Å². The van der Waals surface area contributed by atoms with Gasteiger partial charge in [-0.05, 0) is 48.0 Å². The summed E-state index contributed by atoms with van der Waals surface area (Å²) >= 11 is 19.5. The lowest BCUT2D eigenvalue weighted by Gasteiger charge is -2.01. The molecule has 0 unspecified atom stereocenters. The Balaban J connectivity index is 1.46. The molecule has 0 bridgehead atoms. The highest BCUT2D eigenvalue weighted by molar-refractivity contribution is 7.15. The third-order valence-corrected chi connectivity index (χ3v) is 6.21. The van der Waals surface area contributed by atoms with Gasteiger partial charge in [0.2, 0.25) is 0 Å². The van der Waals surface area contributed by atoms with Gasteiger partial charge in [-0.3, -0.25) is 10.1 Å². The number of furan rings is 1. The molecule has 2 heterocycles. The number of nitrogens with zero attached hydrogens (tertiary/aromatic N) is 2. The Labute approximate surface area is 208 Å². The van der Waals surface area contributed by atoms with Crippen LogP contribution in [0.3, 0.4) is 0 Å². The van der Waals surface area contributed by atoms with Crippen molar-refractivity contribution >= 4 is 63.3 Å². The Kier molecular flexibility index (Phi) is 7.17. The summed E-state index contributed by atoms with van der Waals surface area (Å²) < 4.78 is 5.74. The molecule has 0 fully saturated rings. The molecule has 0 spiro atoms. The van der Waals surface area contributed by atoms with Crippen LogP contribution in [-0.2, 0) is 11.2 Å². The molecule has 33 heavy (non-hydrogen) atoms. The topological polar surface area (TPSA) is 78.9 Å². The molecular weight excluding hydrogens is 501 g/mol. The molecule has 164 valence electrons. The highest BCUT2D eigenvalue weighted by atomic mass is 35.5. The number of carbonyl (C=O) groups is 1. The molecule has 1 amide bonds. The number of nitrogens with one attached hydrogen (secondary N) is 1. The largest absolute Gasteiger partial charge is 0.457 e. The fraction of sp³-hybridized carbons (Fsp3) is 0.0417. The van der Waals surface area contributed by atoms with E-state index in [9.17, 15) is 10.1 Å². The van der Waals surface area contributed by atoms with Crippen LogP contribution in [0, 0.1) is 11.3 Å². The van der Waals surface area contributed by atoms with Gasteiger partial charge < -0.3 is 4.42 Å². The Morgan fingerprint density at radius 1 is 1.12 bits per heavy atom. The van der Waals surface area contributed by atoms with Gasteiger partial charge in [0.05, 0.1) is 5.02 Å². The number of carbonyl (C=O) groups excluding carboxylic acids is 1. The molecule has 1 N–H and O–H groups in total. The van der Waals surface area contributed by atoms with Crippen LogP contribution in [-0.4, -0.2) is 10.9 Å². The maximum absolute atomic E-state index is 12.6. The average Bonchev–Trinajstić information content (AvgIpc) is 3.41. The van der Waals surface area contributed by atoms with Crippen LogP contribution < -0.4 is 5.32 Å². The predicted octanol–water partition coefficient (Wildman–Crippen LogP) is 7.50. The fourth-order valence-corrected chi connectivity index (χ4v) is 4.57. The number of aromatic nitrogens is 1. The van der Waals surface area contributed by atoms with Crippen molar-refractivity contribution in [2.24, 2.45) is 0 Å². The van der Waals surface area contributed by atoms with E-state index in [0.717, 1.165) is 10.4 Å². The van der Waals surface area contributed by atoms with Crippen LogP contribution in [0.4, 0.5) is 5.13 Å². The summed E-state index contributed by atoms with van der Waals surface area (Å²) in [6, 6.07) is 17.8. The number of hydrogen-bond acceptors (Lipinski definition) is 5. The molecule has 0 aliphatic carbocycles. The molecule has 4 aromatic rings. The van der Waals surface area contributed by atoms with Crippen LogP contribution in [0.2, 0.25) is 15.1 Å². The molecule has 0 radical (unpaired) electrons. The summed E-state index contributed by atoms with van der Waals surface area (Å²) in [5.74, 6) is 0.248. The number of hydrogen-bond donors (Lipinski definition) is 1. The van der Waals surface area contributed by atoms with Crippen LogP contribution in [0.15, 0.2) is 70.8 Å². The van der Waals surface area contributed by atoms with Crippen molar-refractivity contribution in [3.05, 3.63) is 97.6 Å². The van der Waals surface area contributed by atoms with E-state index in [-0.39, 0.29) is 5.57 Å². The van der Waals surface area contributed by atoms with E-state index in [1.165, 1.54) is 17.4 Å². The number of amides is 1. The van der Waals surface area contributed by atoms with E-state index in [0.29, 0.717) is 43.7 Å². The lowest BCUT2D eigenvalue weighted by Crippen LogP contribution is -2.13. The van der Waals surface area contributed by atoms with E-state index >= 15 is 0 Å². The van der Waals surface area contributed by atoms with Crippen molar-refractivity contribution < 1.29 is 9.21 Å². The smallest absolute Gasteiger partial charge is 0.268 e. The lowest BCUT2D eigenvalue weighted by molar-refractivity contribution is -0.112. The Bertz CT molecular complexity index is 1400. The van der Waals surface area contributed by atoms with E-state index in [2.05, 4.69) is 10.3 Å². The maximum Gasteiger partial charge on any atom is 0.268 e. The zero-order chi connectivity index (χ0) is 23.4. The van der Waals surface area contributed by atoms with Gasteiger partial charge in [-0.2, -0.15) is 5.26 Å². The lowest BCUT2D eigenvalue weighted by atomic mass is 10.1. The summed E-state index contributed by atoms with van der Waals surface area (Å²) in [5.41, 5.74) is 1.57. The minimum Gasteiger partial charge on any atom is -0.457 e. The van der Waals surface area contributed by atoms with Crippen molar-refractivity contribution in [3.8, 4) is 17.4 Å². The quantitative estimate of drug-likeness (QED) is 0.213. The third-order valence-electron chi connectivity index (χ3n) is 4.52. The molecule has 2 aromatic carbocycles. The summed E-state index contributed by atoms with van der Waals surface area (Å²) in [4.78, 5) is 17.8. The first-order valence-electron chi connectivity index (χ1n) is 9.59. The number of benzene rings is 2. The first-order chi connectivity index (χ1) is 15.9. The second kappa shape index (κ2) is 10.2. The zero-order valence-corrected chi connectivity index (χ0v) is 19.9. The van der Waals surface area contributed by atoms with Gasteiger partial charge in [0.15, 0.2) is 5.13 Å². The first-order valence-corrected chi connectivity index (χ1v) is 11.5. The Morgan fingerprint density at radius 2 is 1.94 bits per heavy atom. The van der Waals surface area contributed by atoms with E-state index in [1.54, 1.807) is 36.5 Å². The van der Waals surface area contributed by atoms with Crippen LogP contribution in [0.1, 0.15) is 16.2 Å². The minimum absolute atomic E-state index is 0.121. The molecule has 4 rings (SSSR count). The summed E-state index contributed by atoms with van der Waals surface area (Å²) in [6.07, 6.45) is 3.69. The molecule has 0 aliphatic heterocycles. The van der Waals surface area contributed by atoms with Gasteiger partial charge in [-0.1, -0.05) is 46.9 Å².